The summed E-state index contributed by atoms with van der Waals surface area (Å²) in [6, 6.07) is 13.6. The summed E-state index contributed by atoms with van der Waals surface area (Å²) in [4.78, 5) is 14.5. The van der Waals surface area contributed by atoms with Crippen molar-refractivity contribution in [1.82, 2.24) is 4.90 Å². The fourth-order valence-corrected chi connectivity index (χ4v) is 3.32. The molecule has 2 aromatic carbocycles. The van der Waals surface area contributed by atoms with Crippen LogP contribution in [0.3, 0.4) is 0 Å². The molecule has 6 nitrogen and oxygen atoms in total. The van der Waals surface area contributed by atoms with Gasteiger partial charge in [0.25, 0.3) is 0 Å². The molecule has 1 heterocycles. The summed E-state index contributed by atoms with van der Waals surface area (Å²) in [5, 5.41) is 0.938. The summed E-state index contributed by atoms with van der Waals surface area (Å²) >= 11 is 0. The maximum Gasteiger partial charge on any atom is 0.374 e. The van der Waals surface area contributed by atoms with E-state index in [2.05, 4.69) is 4.90 Å². The van der Waals surface area contributed by atoms with Gasteiger partial charge in [0.05, 0.1) is 20.8 Å². The molecule has 0 aliphatic carbocycles. The lowest BCUT2D eigenvalue weighted by molar-refractivity contribution is 0.0489. The number of hydrogen-bond acceptors (Lipinski definition) is 6. The van der Waals surface area contributed by atoms with E-state index in [1.54, 1.807) is 21.1 Å². The van der Waals surface area contributed by atoms with Gasteiger partial charge >= 0.3 is 5.97 Å². The number of methoxy groups -OCH3 is 2. The van der Waals surface area contributed by atoms with Crippen LogP contribution in [0.25, 0.3) is 11.0 Å². The van der Waals surface area contributed by atoms with E-state index in [1.165, 1.54) is 0 Å². The molecule has 1 aromatic heterocycles. The maximum absolute atomic E-state index is 12.4. The normalized spacial score (nSPS) is 11.1. The molecule has 0 unspecified atom stereocenters. The molecular formula is C23H27NO5. The first-order valence-corrected chi connectivity index (χ1v) is 9.64. The molecule has 6 heteroatoms. The number of nitrogens with zero attached hydrogens (tertiary/aromatic N) is 1. The van der Waals surface area contributed by atoms with Crippen LogP contribution in [-0.4, -0.2) is 45.3 Å². The van der Waals surface area contributed by atoms with Gasteiger partial charge < -0.3 is 23.5 Å². The molecule has 0 saturated carbocycles. The summed E-state index contributed by atoms with van der Waals surface area (Å²) in [5.74, 6) is 1.30. The fraction of sp³-hybridized carbons (Fsp3) is 0.348. The molecule has 3 rings (SSSR count). The SMILES string of the molecule is CCOC(=O)c1oc2ccccc2c1CN(C)CCc1ccc(OC)c(OC)c1. The average Bonchev–Trinajstić information content (AvgIpc) is 3.10. The number of ether oxygens (including phenoxy) is 3. The Balaban J connectivity index is 1.75. The second kappa shape index (κ2) is 9.47. The van der Waals surface area contributed by atoms with Crippen LogP contribution in [-0.2, 0) is 17.7 Å². The van der Waals surface area contributed by atoms with Crippen molar-refractivity contribution in [2.45, 2.75) is 19.9 Å². The molecule has 0 radical (unpaired) electrons. The van der Waals surface area contributed by atoms with Crippen LogP contribution in [0, 0.1) is 0 Å². The van der Waals surface area contributed by atoms with Crippen molar-refractivity contribution >= 4 is 16.9 Å². The Bertz CT molecular complexity index is 979. The first kappa shape index (κ1) is 20.7. The summed E-state index contributed by atoms with van der Waals surface area (Å²) in [7, 11) is 5.29. The van der Waals surface area contributed by atoms with Gasteiger partial charge in [0.1, 0.15) is 5.58 Å². The smallest absolute Gasteiger partial charge is 0.374 e. The number of likely N-dealkylation sites (N-methyl/N-ethyl adjacent to an activating group) is 1. The van der Waals surface area contributed by atoms with Gasteiger partial charge in [-0.2, -0.15) is 0 Å². The van der Waals surface area contributed by atoms with Crippen molar-refractivity contribution in [3.8, 4) is 11.5 Å². The monoisotopic (exact) mass is 397 g/mol. The predicted octanol–water partition coefficient (Wildman–Crippen LogP) is 4.30. The summed E-state index contributed by atoms with van der Waals surface area (Å²) < 4.78 is 21.7. The molecule has 0 saturated heterocycles. The van der Waals surface area contributed by atoms with E-state index in [9.17, 15) is 4.79 Å². The standard InChI is InChI=1S/C23H27NO5/c1-5-28-23(25)22-18(17-8-6-7-9-19(17)29-22)15-24(2)13-12-16-10-11-20(26-3)21(14-16)27-4/h6-11,14H,5,12-13,15H2,1-4H3. The van der Waals surface area contributed by atoms with Gasteiger partial charge in [0.15, 0.2) is 11.5 Å². The largest absolute Gasteiger partial charge is 0.493 e. The molecular weight excluding hydrogens is 370 g/mol. The van der Waals surface area contributed by atoms with Crippen LogP contribution in [0.15, 0.2) is 46.9 Å². The number of hydrogen-bond donors (Lipinski definition) is 0. The van der Waals surface area contributed by atoms with E-state index in [-0.39, 0.29) is 5.76 Å². The van der Waals surface area contributed by atoms with Crippen molar-refractivity contribution in [1.29, 1.82) is 0 Å². The quantitative estimate of drug-likeness (QED) is 0.502. The lowest BCUT2D eigenvalue weighted by atomic mass is 10.1. The van der Waals surface area contributed by atoms with Crippen LogP contribution in [0.1, 0.15) is 28.6 Å². The third-order valence-electron chi connectivity index (χ3n) is 4.82. The number of benzene rings is 2. The minimum Gasteiger partial charge on any atom is -0.493 e. The highest BCUT2D eigenvalue weighted by molar-refractivity contribution is 5.96. The second-order valence-electron chi connectivity index (χ2n) is 6.80. The van der Waals surface area contributed by atoms with E-state index in [4.69, 9.17) is 18.6 Å². The van der Waals surface area contributed by atoms with E-state index in [0.29, 0.717) is 24.5 Å². The summed E-state index contributed by atoms with van der Waals surface area (Å²) in [6.07, 6.45) is 0.835. The van der Waals surface area contributed by atoms with Crippen molar-refractivity contribution in [2.24, 2.45) is 0 Å². The van der Waals surface area contributed by atoms with Gasteiger partial charge in [0, 0.05) is 24.0 Å². The Hall–Kier alpha value is -2.99. The van der Waals surface area contributed by atoms with Crippen LogP contribution in [0.5, 0.6) is 11.5 Å². The second-order valence-corrected chi connectivity index (χ2v) is 6.80. The summed E-state index contributed by atoms with van der Waals surface area (Å²) in [5.41, 5.74) is 2.70. The molecule has 0 bridgehead atoms. The molecule has 0 fully saturated rings. The lowest BCUT2D eigenvalue weighted by Crippen LogP contribution is -2.22. The molecule has 0 spiro atoms. The Morgan fingerprint density at radius 3 is 2.55 bits per heavy atom. The molecule has 29 heavy (non-hydrogen) atoms. The predicted molar refractivity (Wildman–Crippen MR) is 112 cm³/mol. The maximum atomic E-state index is 12.4. The number of para-hydroxylation sites is 1. The highest BCUT2D eigenvalue weighted by atomic mass is 16.5. The van der Waals surface area contributed by atoms with Crippen molar-refractivity contribution < 1.29 is 23.4 Å². The fourth-order valence-electron chi connectivity index (χ4n) is 3.32. The number of fused-ring (bicyclic) bond motifs is 1. The molecule has 0 N–H and O–H groups in total. The number of rotatable bonds is 9. The third-order valence-corrected chi connectivity index (χ3v) is 4.82. The number of furan rings is 1. The van der Waals surface area contributed by atoms with Crippen LogP contribution < -0.4 is 9.47 Å². The van der Waals surface area contributed by atoms with E-state index >= 15 is 0 Å². The van der Waals surface area contributed by atoms with Gasteiger partial charge in [-0.1, -0.05) is 24.3 Å². The topological polar surface area (TPSA) is 61.1 Å². The third kappa shape index (κ3) is 4.71. The van der Waals surface area contributed by atoms with Gasteiger partial charge in [-0.05, 0) is 44.2 Å². The highest BCUT2D eigenvalue weighted by Gasteiger charge is 2.22. The van der Waals surface area contributed by atoms with E-state index in [0.717, 1.165) is 35.2 Å². The molecule has 0 atom stereocenters. The molecule has 0 aliphatic heterocycles. The zero-order chi connectivity index (χ0) is 20.8. The molecule has 0 amide bonds. The van der Waals surface area contributed by atoms with Crippen molar-refractivity contribution in [3.05, 3.63) is 59.4 Å². The zero-order valence-electron chi connectivity index (χ0n) is 17.4. The number of esters is 1. The Kier molecular flexibility index (Phi) is 6.77. The first-order chi connectivity index (χ1) is 14.1. The van der Waals surface area contributed by atoms with E-state index in [1.807, 2.05) is 49.5 Å². The zero-order valence-corrected chi connectivity index (χ0v) is 17.4. The van der Waals surface area contributed by atoms with Crippen molar-refractivity contribution in [2.75, 3.05) is 34.4 Å². The Morgan fingerprint density at radius 2 is 1.83 bits per heavy atom. The van der Waals surface area contributed by atoms with Gasteiger partial charge in [0.2, 0.25) is 5.76 Å². The van der Waals surface area contributed by atoms with E-state index < -0.39 is 5.97 Å². The van der Waals surface area contributed by atoms with Crippen LogP contribution in [0.4, 0.5) is 0 Å². The average molecular weight is 397 g/mol. The summed E-state index contributed by atoms with van der Waals surface area (Å²) in [6.45, 7) is 3.48. The minimum atomic E-state index is -0.424. The van der Waals surface area contributed by atoms with Gasteiger partial charge in [-0.15, -0.1) is 0 Å². The lowest BCUT2D eigenvalue weighted by Gasteiger charge is -2.17. The molecule has 0 aliphatic rings. The Labute approximate surface area is 171 Å². The number of carbonyl (C=O) groups excluding carboxylic acids is 1. The van der Waals surface area contributed by atoms with Crippen LogP contribution in [0.2, 0.25) is 0 Å². The van der Waals surface area contributed by atoms with Gasteiger partial charge in [-0.3, -0.25) is 0 Å². The Morgan fingerprint density at radius 1 is 1.07 bits per heavy atom. The minimum absolute atomic E-state index is 0.283. The number of carbonyl (C=O) groups is 1. The highest BCUT2D eigenvalue weighted by Crippen LogP contribution is 2.29. The van der Waals surface area contributed by atoms with Gasteiger partial charge in [-0.25, -0.2) is 4.79 Å². The van der Waals surface area contributed by atoms with Crippen molar-refractivity contribution in [3.63, 3.8) is 0 Å². The molecule has 3 aromatic rings. The van der Waals surface area contributed by atoms with Crippen LogP contribution >= 0.6 is 0 Å². The molecule has 154 valence electrons. The first-order valence-electron chi connectivity index (χ1n) is 9.64.